The van der Waals surface area contributed by atoms with E-state index in [9.17, 15) is 8.42 Å². The number of fused-ring (bicyclic) bond motifs is 1. The molecule has 0 amide bonds. The van der Waals surface area contributed by atoms with Crippen molar-refractivity contribution < 1.29 is 13.5 Å². The third kappa shape index (κ3) is 2.14. The molecule has 0 unspecified atom stereocenters. The summed E-state index contributed by atoms with van der Waals surface area (Å²) in [6.07, 6.45) is 0.667. The predicted molar refractivity (Wildman–Crippen MR) is 58.4 cm³/mol. The van der Waals surface area contributed by atoms with Gasteiger partial charge in [0.1, 0.15) is 11.6 Å². The first-order valence-corrected chi connectivity index (χ1v) is 6.79. The van der Waals surface area contributed by atoms with Crippen LogP contribution >= 0.6 is 0 Å². The van der Waals surface area contributed by atoms with Gasteiger partial charge in [0.05, 0.1) is 23.8 Å². The third-order valence-corrected chi connectivity index (χ3v) is 4.07. The van der Waals surface area contributed by atoms with Gasteiger partial charge in [-0.25, -0.2) is 18.4 Å². The molecule has 0 atom stereocenters. The summed E-state index contributed by atoms with van der Waals surface area (Å²) < 4.78 is 22.9. The van der Waals surface area contributed by atoms with Crippen LogP contribution in [0.25, 0.3) is 0 Å². The number of hydrogen-bond donors (Lipinski definition) is 2. The Hall–Kier alpha value is -1.21. The van der Waals surface area contributed by atoms with Gasteiger partial charge < -0.3 is 10.8 Å². The van der Waals surface area contributed by atoms with Gasteiger partial charge in [-0.3, -0.25) is 0 Å². The number of aromatic nitrogens is 2. The molecule has 0 fully saturated rings. The molecule has 0 aliphatic carbocycles. The van der Waals surface area contributed by atoms with Gasteiger partial charge >= 0.3 is 0 Å². The molecule has 1 aromatic heterocycles. The van der Waals surface area contributed by atoms with Gasteiger partial charge in [0.2, 0.25) is 0 Å². The third-order valence-electron chi connectivity index (χ3n) is 2.53. The molecule has 0 saturated carbocycles. The Morgan fingerprint density at radius 3 is 2.81 bits per heavy atom. The molecule has 2 rings (SSSR count). The van der Waals surface area contributed by atoms with E-state index in [4.69, 9.17) is 10.8 Å². The molecule has 0 aromatic carbocycles. The Morgan fingerprint density at radius 2 is 2.12 bits per heavy atom. The smallest absolute Gasteiger partial charge is 0.156 e. The highest BCUT2D eigenvalue weighted by Crippen LogP contribution is 2.22. The number of aliphatic hydroxyl groups excluding tert-OH is 1. The highest BCUT2D eigenvalue weighted by molar-refractivity contribution is 7.90. The average Bonchev–Trinajstić information content (AvgIpc) is 2.15. The van der Waals surface area contributed by atoms with E-state index in [1.807, 2.05) is 0 Å². The topological polar surface area (TPSA) is 106 Å². The molecular weight excluding hydrogens is 230 g/mol. The van der Waals surface area contributed by atoms with Gasteiger partial charge in [-0.15, -0.1) is 0 Å². The van der Waals surface area contributed by atoms with Crippen LogP contribution in [0.5, 0.6) is 0 Å². The highest BCUT2D eigenvalue weighted by Gasteiger charge is 2.25. The Kier molecular flexibility index (Phi) is 2.81. The highest BCUT2D eigenvalue weighted by atomic mass is 32.2. The van der Waals surface area contributed by atoms with Crippen LogP contribution in [0.1, 0.15) is 17.1 Å². The summed E-state index contributed by atoms with van der Waals surface area (Å²) in [7, 11) is -3.05. The van der Waals surface area contributed by atoms with Gasteiger partial charge in [0.25, 0.3) is 0 Å². The van der Waals surface area contributed by atoms with Crippen molar-refractivity contribution in [3.8, 4) is 0 Å². The lowest BCUT2D eigenvalue weighted by Gasteiger charge is -2.17. The maximum atomic E-state index is 11.4. The predicted octanol–water partition coefficient (Wildman–Crippen LogP) is -0.936. The van der Waals surface area contributed by atoms with Gasteiger partial charge in [-0.05, 0) is 6.42 Å². The van der Waals surface area contributed by atoms with Crippen molar-refractivity contribution in [2.75, 3.05) is 18.1 Å². The van der Waals surface area contributed by atoms with E-state index in [0.29, 0.717) is 23.8 Å². The normalized spacial score (nSPS) is 18.1. The molecule has 1 aromatic rings. The lowest BCUT2D eigenvalue weighted by molar-refractivity contribution is 0.296. The largest absolute Gasteiger partial charge is 0.396 e. The van der Waals surface area contributed by atoms with E-state index in [1.165, 1.54) is 0 Å². The number of aliphatic hydroxyl groups is 1. The Labute approximate surface area is 93.4 Å². The van der Waals surface area contributed by atoms with Crippen LogP contribution in [-0.2, 0) is 28.4 Å². The van der Waals surface area contributed by atoms with E-state index < -0.39 is 9.84 Å². The summed E-state index contributed by atoms with van der Waals surface area (Å²) in [6.45, 7) is -0.0784. The van der Waals surface area contributed by atoms with Crippen LogP contribution in [0, 0.1) is 0 Å². The van der Waals surface area contributed by atoms with E-state index >= 15 is 0 Å². The van der Waals surface area contributed by atoms with Gasteiger partial charge in [-0.2, -0.15) is 0 Å². The second kappa shape index (κ2) is 3.99. The molecule has 2 heterocycles. The van der Waals surface area contributed by atoms with Crippen molar-refractivity contribution in [3.63, 3.8) is 0 Å². The summed E-state index contributed by atoms with van der Waals surface area (Å²) in [5.74, 6) is 0.764. The first kappa shape index (κ1) is 11.3. The molecule has 3 N–H and O–H groups in total. The second-order valence-corrected chi connectivity index (χ2v) is 5.95. The maximum Gasteiger partial charge on any atom is 0.156 e. The number of nitrogen functional groups attached to an aromatic ring is 1. The number of sulfone groups is 1. The summed E-state index contributed by atoms with van der Waals surface area (Å²) in [6, 6.07) is 0. The first-order valence-electron chi connectivity index (χ1n) is 4.97. The monoisotopic (exact) mass is 243 g/mol. The van der Waals surface area contributed by atoms with Crippen LogP contribution in [-0.4, -0.2) is 35.9 Å². The van der Waals surface area contributed by atoms with E-state index in [2.05, 4.69) is 9.97 Å². The minimum atomic E-state index is -3.05. The van der Waals surface area contributed by atoms with Crippen LogP contribution in [0.3, 0.4) is 0 Å². The molecular formula is C9H13N3O3S. The molecule has 7 heteroatoms. The molecule has 0 spiro atoms. The van der Waals surface area contributed by atoms with Crippen molar-refractivity contribution >= 4 is 15.7 Å². The molecule has 6 nitrogen and oxygen atoms in total. The summed E-state index contributed by atoms with van der Waals surface area (Å²) in [4.78, 5) is 8.16. The van der Waals surface area contributed by atoms with Crippen LogP contribution in [0.15, 0.2) is 0 Å². The fraction of sp³-hybridized carbons (Fsp3) is 0.556. The number of nitrogens with zero attached hydrogens (tertiary/aromatic N) is 2. The molecule has 0 bridgehead atoms. The number of anilines is 1. The zero-order valence-electron chi connectivity index (χ0n) is 8.68. The van der Waals surface area contributed by atoms with Crippen molar-refractivity contribution in [3.05, 3.63) is 17.1 Å². The van der Waals surface area contributed by atoms with Crippen molar-refractivity contribution in [1.29, 1.82) is 0 Å². The lowest BCUT2D eigenvalue weighted by Crippen LogP contribution is -2.23. The molecule has 0 radical (unpaired) electrons. The lowest BCUT2D eigenvalue weighted by atomic mass is 10.1. The summed E-state index contributed by atoms with van der Waals surface area (Å²) in [5, 5.41) is 8.78. The van der Waals surface area contributed by atoms with Crippen LogP contribution < -0.4 is 5.73 Å². The maximum absolute atomic E-state index is 11.4. The van der Waals surface area contributed by atoms with Crippen molar-refractivity contribution in [2.24, 2.45) is 0 Å². The van der Waals surface area contributed by atoms with Crippen LogP contribution in [0.4, 0.5) is 5.82 Å². The fourth-order valence-corrected chi connectivity index (χ4v) is 3.06. The Morgan fingerprint density at radius 1 is 1.38 bits per heavy atom. The zero-order valence-corrected chi connectivity index (χ0v) is 9.50. The average molecular weight is 243 g/mol. The molecule has 1 aliphatic rings. The van der Waals surface area contributed by atoms with E-state index in [1.54, 1.807) is 0 Å². The Balaban J connectivity index is 2.45. The quantitative estimate of drug-likeness (QED) is 0.694. The summed E-state index contributed by atoms with van der Waals surface area (Å²) in [5.41, 5.74) is 6.95. The SMILES string of the molecule is Nc1nc(CCO)nc2c1CCS(=O)(=O)C2. The molecule has 1 aliphatic heterocycles. The van der Waals surface area contributed by atoms with Gasteiger partial charge in [-0.1, -0.05) is 0 Å². The second-order valence-electron chi connectivity index (χ2n) is 3.77. The Bertz CT molecular complexity index is 513. The van der Waals surface area contributed by atoms with Crippen molar-refractivity contribution in [2.45, 2.75) is 18.6 Å². The van der Waals surface area contributed by atoms with Crippen molar-refractivity contribution in [1.82, 2.24) is 9.97 Å². The van der Waals surface area contributed by atoms with Gasteiger partial charge in [0, 0.05) is 12.0 Å². The van der Waals surface area contributed by atoms with E-state index in [-0.39, 0.29) is 24.5 Å². The fourth-order valence-electron chi connectivity index (χ4n) is 1.74. The molecule has 0 saturated heterocycles. The molecule has 88 valence electrons. The number of hydrogen-bond acceptors (Lipinski definition) is 6. The van der Waals surface area contributed by atoms with E-state index in [0.717, 1.165) is 5.56 Å². The van der Waals surface area contributed by atoms with Crippen LogP contribution in [0.2, 0.25) is 0 Å². The zero-order chi connectivity index (χ0) is 11.8. The minimum absolute atomic E-state index is 0.0759. The number of nitrogens with two attached hydrogens (primary N) is 1. The molecule has 16 heavy (non-hydrogen) atoms. The standard InChI is InChI=1S/C9H13N3O3S/c10-9-6-2-4-16(14,15)5-7(6)11-8(12-9)1-3-13/h13H,1-5H2,(H2,10,11,12). The summed E-state index contributed by atoms with van der Waals surface area (Å²) >= 11 is 0. The first-order chi connectivity index (χ1) is 7.52. The van der Waals surface area contributed by atoms with Gasteiger partial charge in [0.15, 0.2) is 9.84 Å². The number of rotatable bonds is 2. The minimum Gasteiger partial charge on any atom is -0.396 e.